The molecule has 2 aromatic heterocycles. The van der Waals surface area contributed by atoms with Crippen LogP contribution in [0.25, 0.3) is 22.3 Å². The number of fused-ring (bicyclic) bond motifs is 1. The normalized spacial score (nSPS) is 10.8. The van der Waals surface area contributed by atoms with Crippen molar-refractivity contribution in [1.29, 1.82) is 0 Å². The minimum Gasteiger partial charge on any atom is -0.478 e. The van der Waals surface area contributed by atoms with Crippen molar-refractivity contribution in [2.24, 2.45) is 0 Å². The molecule has 0 spiro atoms. The summed E-state index contributed by atoms with van der Waals surface area (Å²) in [6.45, 7) is 0. The number of nitrogens with zero attached hydrogens (tertiary/aromatic N) is 2. The van der Waals surface area contributed by atoms with Crippen molar-refractivity contribution in [1.82, 2.24) is 9.97 Å². The minimum atomic E-state index is -1.05. The summed E-state index contributed by atoms with van der Waals surface area (Å²) in [6.07, 6.45) is 1.07. The summed E-state index contributed by atoms with van der Waals surface area (Å²) < 4.78 is 13.6. The van der Waals surface area contributed by atoms with Gasteiger partial charge >= 0.3 is 5.97 Å². The molecule has 2 heterocycles. The summed E-state index contributed by atoms with van der Waals surface area (Å²) in [5.74, 6) is -1.51. The van der Waals surface area contributed by atoms with Crippen molar-refractivity contribution in [2.75, 3.05) is 0 Å². The van der Waals surface area contributed by atoms with Gasteiger partial charge in [0.05, 0.1) is 28.7 Å². The summed E-state index contributed by atoms with van der Waals surface area (Å²) >= 11 is 3.36. The maximum absolute atomic E-state index is 12.9. The fourth-order valence-corrected chi connectivity index (χ4v) is 2.50. The van der Waals surface area contributed by atoms with Gasteiger partial charge in [-0.2, -0.15) is 0 Å². The molecule has 0 fully saturated rings. The van der Waals surface area contributed by atoms with E-state index in [9.17, 15) is 14.3 Å². The van der Waals surface area contributed by atoms with Gasteiger partial charge in [0.1, 0.15) is 5.82 Å². The Hall–Kier alpha value is -2.34. The lowest BCUT2D eigenvalue weighted by molar-refractivity contribution is 0.0699. The number of benzene rings is 1. The van der Waals surface area contributed by atoms with Gasteiger partial charge in [0.25, 0.3) is 0 Å². The van der Waals surface area contributed by atoms with E-state index in [1.54, 1.807) is 18.2 Å². The molecule has 0 aliphatic heterocycles. The first kappa shape index (κ1) is 13.6. The first-order valence-electron chi connectivity index (χ1n) is 6.01. The fourth-order valence-electron chi connectivity index (χ4n) is 2.05. The highest BCUT2D eigenvalue weighted by Crippen LogP contribution is 2.28. The monoisotopic (exact) mass is 346 g/mol. The average Bonchev–Trinajstić information content (AvgIpc) is 2.47. The van der Waals surface area contributed by atoms with Gasteiger partial charge in [0, 0.05) is 9.86 Å². The number of pyridine rings is 2. The van der Waals surface area contributed by atoms with E-state index in [0.717, 1.165) is 6.20 Å². The van der Waals surface area contributed by atoms with Crippen LogP contribution in [0.1, 0.15) is 10.4 Å². The topological polar surface area (TPSA) is 63.1 Å². The molecule has 1 N–H and O–H groups in total. The first-order chi connectivity index (χ1) is 10.1. The molecule has 0 radical (unpaired) electrons. The number of hydrogen-bond acceptors (Lipinski definition) is 3. The van der Waals surface area contributed by atoms with Crippen LogP contribution in [0.15, 0.2) is 47.1 Å². The van der Waals surface area contributed by atoms with Crippen molar-refractivity contribution < 1.29 is 14.3 Å². The molecule has 0 saturated carbocycles. The molecule has 0 atom stereocenters. The second-order valence-corrected chi connectivity index (χ2v) is 5.21. The Labute approximate surface area is 127 Å². The van der Waals surface area contributed by atoms with E-state index >= 15 is 0 Å². The second-order valence-electron chi connectivity index (χ2n) is 4.36. The summed E-state index contributed by atoms with van der Waals surface area (Å²) in [5.41, 5.74) is 1.45. The third-order valence-electron chi connectivity index (χ3n) is 3.01. The van der Waals surface area contributed by atoms with E-state index in [4.69, 9.17) is 0 Å². The lowest BCUT2D eigenvalue weighted by Crippen LogP contribution is -2.01. The third kappa shape index (κ3) is 2.50. The maximum atomic E-state index is 12.9. The van der Waals surface area contributed by atoms with Crippen LogP contribution in [0, 0.1) is 5.82 Å². The molecule has 104 valence electrons. The van der Waals surface area contributed by atoms with Crippen LogP contribution >= 0.6 is 15.9 Å². The second kappa shape index (κ2) is 5.21. The number of carboxylic acids is 1. The van der Waals surface area contributed by atoms with Gasteiger partial charge in [-0.15, -0.1) is 0 Å². The standard InChI is InChI=1S/C15H8BrFN2O2/c16-11-3-1-2-9-10(15(20)21)6-13(19-14(9)11)12-5-4-8(17)7-18-12/h1-7H,(H,20,21). The zero-order chi connectivity index (χ0) is 15.0. The van der Waals surface area contributed by atoms with Crippen molar-refractivity contribution in [3.05, 3.63) is 58.4 Å². The molecule has 0 aliphatic carbocycles. The summed E-state index contributed by atoms with van der Waals surface area (Å²) in [6, 6.07) is 9.38. The quantitative estimate of drug-likeness (QED) is 0.764. The van der Waals surface area contributed by atoms with E-state index in [2.05, 4.69) is 25.9 Å². The Morgan fingerprint density at radius 3 is 2.67 bits per heavy atom. The molecular weight excluding hydrogens is 339 g/mol. The van der Waals surface area contributed by atoms with E-state index in [0.29, 0.717) is 26.8 Å². The average molecular weight is 347 g/mol. The Morgan fingerprint density at radius 2 is 2.00 bits per heavy atom. The lowest BCUT2D eigenvalue weighted by Gasteiger charge is -2.07. The molecule has 4 nitrogen and oxygen atoms in total. The highest BCUT2D eigenvalue weighted by atomic mass is 79.9. The van der Waals surface area contributed by atoms with E-state index < -0.39 is 11.8 Å². The summed E-state index contributed by atoms with van der Waals surface area (Å²) in [5, 5.41) is 9.90. The van der Waals surface area contributed by atoms with Gasteiger partial charge in [-0.1, -0.05) is 12.1 Å². The minimum absolute atomic E-state index is 0.127. The molecule has 21 heavy (non-hydrogen) atoms. The molecule has 0 unspecified atom stereocenters. The summed E-state index contributed by atoms with van der Waals surface area (Å²) in [4.78, 5) is 19.8. The van der Waals surface area contributed by atoms with Gasteiger partial charge in [-0.3, -0.25) is 4.98 Å². The number of aromatic carboxylic acids is 1. The Balaban J connectivity index is 2.32. The molecule has 6 heteroatoms. The number of para-hydroxylation sites is 1. The Bertz CT molecular complexity index is 850. The first-order valence-corrected chi connectivity index (χ1v) is 6.80. The Morgan fingerprint density at radius 1 is 1.19 bits per heavy atom. The number of rotatable bonds is 2. The highest BCUT2D eigenvalue weighted by Gasteiger charge is 2.15. The number of carboxylic acid groups (broad SMARTS) is 1. The Kier molecular flexibility index (Phi) is 3.39. The third-order valence-corrected chi connectivity index (χ3v) is 3.65. The number of carbonyl (C=O) groups is 1. The molecule has 1 aromatic carbocycles. The van der Waals surface area contributed by atoms with Crippen LogP contribution in [0.2, 0.25) is 0 Å². The number of hydrogen-bond donors (Lipinski definition) is 1. The predicted molar refractivity (Wildman–Crippen MR) is 79.6 cm³/mol. The van der Waals surface area contributed by atoms with Crippen molar-refractivity contribution in [2.45, 2.75) is 0 Å². The molecule has 0 amide bonds. The van der Waals surface area contributed by atoms with Gasteiger partial charge in [0.15, 0.2) is 0 Å². The van der Waals surface area contributed by atoms with Crippen molar-refractivity contribution in [3.63, 3.8) is 0 Å². The largest absolute Gasteiger partial charge is 0.478 e. The number of halogens is 2. The maximum Gasteiger partial charge on any atom is 0.336 e. The lowest BCUT2D eigenvalue weighted by atomic mass is 10.1. The van der Waals surface area contributed by atoms with E-state index in [1.165, 1.54) is 18.2 Å². The van der Waals surface area contributed by atoms with Crippen LogP contribution in [0.3, 0.4) is 0 Å². The summed E-state index contributed by atoms with van der Waals surface area (Å²) in [7, 11) is 0. The van der Waals surface area contributed by atoms with Crippen molar-refractivity contribution >= 4 is 32.8 Å². The smallest absolute Gasteiger partial charge is 0.336 e. The number of aromatic nitrogens is 2. The van der Waals surface area contributed by atoms with Crippen LogP contribution in [-0.2, 0) is 0 Å². The fraction of sp³-hybridized carbons (Fsp3) is 0. The zero-order valence-corrected chi connectivity index (χ0v) is 12.1. The molecule has 0 bridgehead atoms. The predicted octanol–water partition coefficient (Wildman–Crippen LogP) is 3.90. The van der Waals surface area contributed by atoms with Crippen LogP contribution < -0.4 is 0 Å². The molecule has 3 aromatic rings. The molecule has 3 rings (SSSR count). The van der Waals surface area contributed by atoms with Gasteiger partial charge in [-0.05, 0) is 40.2 Å². The van der Waals surface area contributed by atoms with E-state index in [1.807, 2.05) is 0 Å². The van der Waals surface area contributed by atoms with E-state index in [-0.39, 0.29) is 5.56 Å². The molecule has 0 aliphatic rings. The van der Waals surface area contributed by atoms with Crippen LogP contribution in [0.5, 0.6) is 0 Å². The molecule has 0 saturated heterocycles. The van der Waals surface area contributed by atoms with Crippen molar-refractivity contribution in [3.8, 4) is 11.4 Å². The van der Waals surface area contributed by atoms with Gasteiger partial charge in [-0.25, -0.2) is 14.2 Å². The molecular formula is C15H8BrFN2O2. The van der Waals surface area contributed by atoms with Crippen LogP contribution in [0.4, 0.5) is 4.39 Å². The SMILES string of the molecule is O=C(O)c1cc(-c2ccc(F)cn2)nc2c(Br)cccc12. The van der Waals surface area contributed by atoms with Gasteiger partial charge < -0.3 is 5.11 Å². The zero-order valence-electron chi connectivity index (χ0n) is 10.5. The van der Waals surface area contributed by atoms with Crippen LogP contribution in [-0.4, -0.2) is 21.0 Å². The highest BCUT2D eigenvalue weighted by molar-refractivity contribution is 9.10. The van der Waals surface area contributed by atoms with Gasteiger partial charge in [0.2, 0.25) is 0 Å².